The average molecular weight is 1030 g/mol. The van der Waals surface area contributed by atoms with Gasteiger partial charge in [0.15, 0.2) is 12.1 Å². The number of nitrogens with zero attached hydrogens (tertiary/aromatic N) is 9. The number of aliphatic carboxylic acids is 4. The molecule has 3 aromatic rings. The first-order valence-electron chi connectivity index (χ1n) is 21.2. The molecule has 0 atom stereocenters. The van der Waals surface area contributed by atoms with Gasteiger partial charge in [0.1, 0.15) is 11.7 Å². The van der Waals surface area contributed by atoms with E-state index in [1.807, 2.05) is 4.90 Å². The number of benzene rings is 2. The summed E-state index contributed by atoms with van der Waals surface area (Å²) in [5.74, 6) is 5.49. The molecule has 0 aliphatic carbocycles. The van der Waals surface area contributed by atoms with Crippen LogP contribution >= 0.6 is 21.6 Å². The number of rotatable bonds is 18. The number of quaternary nitrogens is 1. The third-order valence-corrected chi connectivity index (χ3v) is 11.7. The molecular weight excluding hydrogens is 978 g/mol. The molecule has 8 N–H and O–H groups in total. The molecule has 1 aromatic heterocycles. The first-order chi connectivity index (χ1) is 33.8. The number of carboxylic acid groups (broad SMARTS) is 4. The van der Waals surface area contributed by atoms with Gasteiger partial charge in [-0.3, -0.25) is 43.6 Å². The zero-order valence-electron chi connectivity index (χ0n) is 38.1. The minimum Gasteiger partial charge on any atom is -0.542 e. The lowest BCUT2D eigenvalue weighted by atomic mass is 10.1. The smallest absolute Gasteiger partial charge is 0.430 e. The maximum atomic E-state index is 12.9. The zero-order chi connectivity index (χ0) is 52.6. The third kappa shape index (κ3) is 26.9. The highest BCUT2D eigenvalue weighted by atomic mass is 33.1. The number of nitrogens with one attached hydrogen (secondary N) is 2. The number of hydrogen-bond donors (Lipinski definition) is 6. The molecule has 0 bridgehead atoms. The van der Waals surface area contributed by atoms with E-state index in [2.05, 4.69) is 50.4 Å². The Balaban J connectivity index is 0.000000526. The Hall–Kier alpha value is -7.21. The molecule has 27 heteroatoms. The highest BCUT2D eigenvalue weighted by Gasteiger charge is 2.29. The lowest BCUT2D eigenvalue weighted by Gasteiger charge is -2.32. The summed E-state index contributed by atoms with van der Waals surface area (Å²) < 4.78 is 33.1. The highest BCUT2D eigenvalue weighted by molar-refractivity contribution is 8.76. The Morgan fingerprint density at radius 3 is 1.52 bits per heavy atom. The number of alkyl halides is 3. The number of aromatic nitrogens is 3. The predicted octanol–water partition coefficient (Wildman–Crippen LogP) is -1.55. The standard InChI is InChI=1S/C28H35N9O7.C14H15N3OS2.C2HF3O2/c29-7-1-2-22-3-5-24(6-4-22)37-17-23(31-32-37)16-30-25(38)18-33-8-10-34(19-26(39)40)12-14-36(21-28(43)44)15-13-35(11-9-33)20-27(41)42;15-7-1-2-12-3-5-13(6-4-12)14(18)17-9-11-20-19-10-8-16;3-2(4,5)1(6)7/h3-6,17H,8-16,18-21H2,(H,30,38)(H,39,40)(H,41,42)(H,43,44);3-6H,8-11,16H2,(H,17,18);(H,6,7). The molecule has 2 amide bonds. The van der Waals surface area contributed by atoms with Crippen molar-refractivity contribution >= 4 is 57.3 Å². The molecular formula is C44H51F3N12O10S2. The van der Waals surface area contributed by atoms with Crippen LogP contribution in [0.3, 0.4) is 0 Å². The number of amides is 2. The minimum absolute atomic E-state index is 0.00764. The van der Waals surface area contributed by atoms with E-state index in [0.717, 1.165) is 29.3 Å². The fourth-order valence-corrected chi connectivity index (χ4v) is 7.68. The zero-order valence-corrected chi connectivity index (χ0v) is 39.7. The second-order valence-electron chi connectivity index (χ2n) is 14.6. The van der Waals surface area contributed by atoms with Crippen LogP contribution in [0.15, 0.2) is 54.7 Å². The summed E-state index contributed by atoms with van der Waals surface area (Å²) >= 11 is 0. The minimum atomic E-state index is -5.19. The lowest BCUT2D eigenvalue weighted by molar-refractivity contribution is -0.360. The van der Waals surface area contributed by atoms with E-state index in [0.29, 0.717) is 75.7 Å². The van der Waals surface area contributed by atoms with Crippen LogP contribution in [-0.2, 0) is 30.5 Å². The maximum Gasteiger partial charge on any atom is 0.430 e. The fraction of sp³-hybridized carbons (Fsp3) is 0.409. The second-order valence-corrected chi connectivity index (χ2v) is 17.3. The van der Waals surface area contributed by atoms with Crippen LogP contribution in [0.5, 0.6) is 0 Å². The van der Waals surface area contributed by atoms with E-state index in [1.165, 1.54) is 0 Å². The van der Waals surface area contributed by atoms with Crippen LogP contribution in [0, 0.1) is 46.3 Å². The van der Waals surface area contributed by atoms with Crippen LogP contribution in [0.25, 0.3) is 5.69 Å². The second kappa shape index (κ2) is 33.3. The van der Waals surface area contributed by atoms with E-state index < -0.39 is 30.1 Å². The maximum absolute atomic E-state index is 12.9. The molecule has 0 radical (unpaired) electrons. The monoisotopic (exact) mass is 1030 g/mol. The van der Waals surface area contributed by atoms with Crippen molar-refractivity contribution in [2.24, 2.45) is 0 Å². The van der Waals surface area contributed by atoms with Crippen LogP contribution < -0.4 is 21.5 Å². The largest absolute Gasteiger partial charge is 0.542 e. The first-order valence-corrected chi connectivity index (χ1v) is 23.7. The summed E-state index contributed by atoms with van der Waals surface area (Å²) in [4.78, 5) is 74.7. The van der Waals surface area contributed by atoms with E-state index in [-0.39, 0.29) is 44.5 Å². The number of carbonyl (C=O) groups excluding carboxylic acids is 3. The molecule has 71 heavy (non-hydrogen) atoms. The van der Waals surface area contributed by atoms with Gasteiger partial charge in [-0.05, 0) is 48.5 Å². The molecule has 0 unspecified atom stereocenters. The number of carbonyl (C=O) groups is 6. The van der Waals surface area contributed by atoms with Gasteiger partial charge in [0.2, 0.25) is 5.91 Å². The molecule has 1 saturated heterocycles. The van der Waals surface area contributed by atoms with Crippen molar-refractivity contribution in [3.63, 3.8) is 0 Å². The summed E-state index contributed by atoms with van der Waals surface area (Å²) in [6, 6.07) is 17.5. The molecule has 1 fully saturated rings. The molecule has 4 rings (SSSR count). The van der Waals surface area contributed by atoms with E-state index in [9.17, 15) is 52.5 Å². The van der Waals surface area contributed by atoms with Crippen molar-refractivity contribution < 1.29 is 68.1 Å². The third-order valence-electron chi connectivity index (χ3n) is 9.20. The van der Waals surface area contributed by atoms with Crippen LogP contribution in [0.1, 0.15) is 27.2 Å². The van der Waals surface area contributed by atoms with Crippen molar-refractivity contribution in [3.8, 4) is 41.5 Å². The summed E-state index contributed by atoms with van der Waals surface area (Å²) in [7, 11) is 3.51. The van der Waals surface area contributed by atoms with Crippen LogP contribution in [-0.4, -0.2) is 195 Å². The van der Waals surface area contributed by atoms with Gasteiger partial charge >= 0.3 is 24.1 Å². The molecule has 0 spiro atoms. The summed E-state index contributed by atoms with van der Waals surface area (Å²) in [5, 5.41) is 67.6. The molecule has 22 nitrogen and oxygen atoms in total. The van der Waals surface area contributed by atoms with E-state index >= 15 is 0 Å². The van der Waals surface area contributed by atoms with Gasteiger partial charge in [0.25, 0.3) is 5.91 Å². The Labute approximate surface area is 414 Å². The van der Waals surface area contributed by atoms with Crippen molar-refractivity contribution in [3.05, 3.63) is 77.1 Å². The van der Waals surface area contributed by atoms with Gasteiger partial charge in [-0.15, -0.1) is 5.10 Å². The van der Waals surface area contributed by atoms with Crippen molar-refractivity contribution in [1.29, 1.82) is 10.5 Å². The molecule has 1 aliphatic heterocycles. The Morgan fingerprint density at radius 2 is 1.11 bits per heavy atom. The Morgan fingerprint density at radius 1 is 0.690 bits per heavy atom. The van der Waals surface area contributed by atoms with E-state index in [1.54, 1.807) is 108 Å². The highest BCUT2D eigenvalue weighted by Crippen LogP contribution is 2.19. The van der Waals surface area contributed by atoms with Gasteiger partial charge < -0.3 is 41.6 Å². The Kier molecular flexibility index (Phi) is 28.1. The van der Waals surface area contributed by atoms with Gasteiger partial charge in [-0.2, -0.15) is 23.7 Å². The topological polar surface area (TPSA) is 329 Å². The number of carboxylic acids is 4. The quantitative estimate of drug-likeness (QED) is 0.0477. The van der Waals surface area contributed by atoms with Crippen LogP contribution in [0.4, 0.5) is 13.2 Å². The molecule has 1 aliphatic rings. The number of halogens is 3. The van der Waals surface area contributed by atoms with Crippen molar-refractivity contribution in [2.75, 3.05) is 103 Å². The SMILES string of the molecule is N#CC#Cc1ccc(-n2cc(CNC(=O)CN3CCN(CC(=O)O)CCN(CC(=O)O)CCN(CC(=O)O)CC3)nn2)cc1.N#CC#Cc1ccc(C(=O)NCCSSCC[NH3+])cc1.O=C([O-])C(F)(F)F. The summed E-state index contributed by atoms with van der Waals surface area (Å²) in [6.45, 7) is 3.44. The fourth-order valence-electron chi connectivity index (χ4n) is 5.83. The lowest BCUT2D eigenvalue weighted by Crippen LogP contribution is -2.51. The summed E-state index contributed by atoms with van der Waals surface area (Å²) in [6.07, 6.45) is -3.52. The first kappa shape index (κ1) is 59.9. The van der Waals surface area contributed by atoms with Gasteiger partial charge in [0, 0.05) is 93.2 Å². The van der Waals surface area contributed by atoms with Crippen LogP contribution in [0.2, 0.25) is 0 Å². The predicted molar refractivity (Wildman–Crippen MR) is 249 cm³/mol. The number of nitriles is 2. The van der Waals surface area contributed by atoms with Crippen molar-refractivity contribution in [2.45, 2.75) is 12.7 Å². The van der Waals surface area contributed by atoms with Gasteiger partial charge in [0.05, 0.1) is 56.9 Å². The molecule has 2 heterocycles. The summed E-state index contributed by atoms with van der Waals surface area (Å²) in [5.41, 5.74) is 7.02. The van der Waals surface area contributed by atoms with Crippen molar-refractivity contribution in [1.82, 2.24) is 45.2 Å². The normalized spacial score (nSPS) is 13.6. The van der Waals surface area contributed by atoms with Gasteiger partial charge in [-0.25, -0.2) is 4.68 Å². The molecule has 380 valence electrons. The average Bonchev–Trinajstić information content (AvgIpc) is 3.80. The Bertz CT molecular complexity index is 2400. The molecule has 2 aromatic carbocycles. The van der Waals surface area contributed by atoms with E-state index in [4.69, 9.17) is 20.4 Å². The number of hydrogen-bond acceptors (Lipinski definition) is 17. The molecule has 0 saturated carbocycles. The van der Waals surface area contributed by atoms with Gasteiger partial charge in [-0.1, -0.05) is 38.6 Å².